The number of para-hydroxylation sites is 1. The van der Waals surface area contributed by atoms with Crippen molar-refractivity contribution in [1.82, 2.24) is 9.80 Å². The van der Waals surface area contributed by atoms with E-state index < -0.39 is 0 Å². The van der Waals surface area contributed by atoms with Crippen LogP contribution in [0.15, 0.2) is 54.6 Å². The highest BCUT2D eigenvalue weighted by atomic mass is 16.5. The van der Waals surface area contributed by atoms with E-state index in [1.54, 1.807) is 34.1 Å². The third-order valence-electron chi connectivity index (χ3n) is 6.03. The number of benzene rings is 2. The Morgan fingerprint density at radius 1 is 0.935 bits per heavy atom. The van der Waals surface area contributed by atoms with Gasteiger partial charge in [0, 0.05) is 50.5 Å². The van der Waals surface area contributed by atoms with Gasteiger partial charge in [-0.3, -0.25) is 14.4 Å². The van der Waals surface area contributed by atoms with E-state index in [0.29, 0.717) is 43.8 Å². The summed E-state index contributed by atoms with van der Waals surface area (Å²) >= 11 is 0. The number of carbonyl (C=O) groups excluding carboxylic acids is 3. The molecule has 0 aromatic heterocycles. The maximum atomic E-state index is 13.0. The van der Waals surface area contributed by atoms with Crippen molar-refractivity contribution >= 4 is 17.6 Å². The molecule has 6 heteroatoms. The Morgan fingerprint density at radius 3 is 2.39 bits per heavy atom. The molecular weight excluding hydrogens is 392 g/mol. The number of ketones is 1. The minimum absolute atomic E-state index is 0.0313. The minimum Gasteiger partial charge on any atom is -0.457 e. The summed E-state index contributed by atoms with van der Waals surface area (Å²) in [6, 6.07) is 16.7. The first-order chi connectivity index (χ1) is 15.1. The van der Waals surface area contributed by atoms with Gasteiger partial charge in [0.15, 0.2) is 5.78 Å². The molecule has 2 aliphatic rings. The standard InChI is InChI=1S/C25H28N2O4/c28-23-9-5-15-26(23)17-14-24(29)27-16-4-6-20(18-27)25(30)19-10-12-22(13-11-19)31-21-7-2-1-3-8-21/h1-3,7-8,10-13,20H,4-6,9,14-18H2/t20-/m0/s1. The van der Waals surface area contributed by atoms with Gasteiger partial charge in [-0.25, -0.2) is 0 Å². The molecule has 31 heavy (non-hydrogen) atoms. The van der Waals surface area contributed by atoms with Crippen LogP contribution in [0.5, 0.6) is 11.5 Å². The summed E-state index contributed by atoms with van der Waals surface area (Å²) < 4.78 is 5.79. The monoisotopic (exact) mass is 420 g/mol. The number of hydrogen-bond acceptors (Lipinski definition) is 4. The Hall–Kier alpha value is -3.15. The number of amides is 2. The van der Waals surface area contributed by atoms with Crippen molar-refractivity contribution < 1.29 is 19.1 Å². The maximum Gasteiger partial charge on any atom is 0.224 e. The van der Waals surface area contributed by atoms with E-state index in [1.165, 1.54) is 0 Å². The topological polar surface area (TPSA) is 66.9 Å². The van der Waals surface area contributed by atoms with E-state index >= 15 is 0 Å². The van der Waals surface area contributed by atoms with Gasteiger partial charge < -0.3 is 14.5 Å². The Morgan fingerprint density at radius 2 is 1.68 bits per heavy atom. The lowest BCUT2D eigenvalue weighted by Crippen LogP contribution is -2.43. The van der Waals surface area contributed by atoms with Crippen LogP contribution in [0, 0.1) is 5.92 Å². The van der Waals surface area contributed by atoms with Gasteiger partial charge in [0.2, 0.25) is 11.8 Å². The predicted molar refractivity (Wildman–Crippen MR) is 117 cm³/mol. The normalized spacial score (nSPS) is 18.8. The van der Waals surface area contributed by atoms with Crippen LogP contribution in [0.4, 0.5) is 0 Å². The van der Waals surface area contributed by atoms with Gasteiger partial charge in [-0.1, -0.05) is 18.2 Å². The molecule has 0 aliphatic carbocycles. The SMILES string of the molecule is O=C(c1ccc(Oc2ccccc2)cc1)[C@H]1CCCN(C(=O)CCN2CCCC2=O)C1. The third-order valence-corrected chi connectivity index (χ3v) is 6.03. The van der Waals surface area contributed by atoms with Crippen LogP contribution in [0.1, 0.15) is 42.5 Å². The van der Waals surface area contributed by atoms with E-state index in [0.717, 1.165) is 31.6 Å². The molecule has 162 valence electrons. The highest BCUT2D eigenvalue weighted by Crippen LogP contribution is 2.25. The number of likely N-dealkylation sites (tertiary alicyclic amines) is 2. The fraction of sp³-hybridized carbons (Fsp3) is 0.400. The lowest BCUT2D eigenvalue weighted by atomic mass is 9.90. The molecule has 1 atom stereocenters. The van der Waals surface area contributed by atoms with Gasteiger partial charge in [-0.15, -0.1) is 0 Å². The Bertz CT molecular complexity index is 926. The van der Waals surface area contributed by atoms with Crippen molar-refractivity contribution in [2.24, 2.45) is 5.92 Å². The molecule has 2 amide bonds. The highest BCUT2D eigenvalue weighted by Gasteiger charge is 2.29. The summed E-state index contributed by atoms with van der Waals surface area (Å²) in [6.07, 6.45) is 3.40. The van der Waals surface area contributed by atoms with E-state index in [4.69, 9.17) is 4.74 Å². The number of ether oxygens (including phenoxy) is 1. The Labute approximate surface area is 182 Å². The summed E-state index contributed by atoms with van der Waals surface area (Å²) in [6.45, 7) is 2.36. The lowest BCUT2D eigenvalue weighted by molar-refractivity contribution is -0.134. The summed E-state index contributed by atoms with van der Waals surface area (Å²) in [4.78, 5) is 41.0. The fourth-order valence-electron chi connectivity index (χ4n) is 4.29. The summed E-state index contributed by atoms with van der Waals surface area (Å²) in [5, 5.41) is 0. The molecular formula is C25H28N2O4. The van der Waals surface area contributed by atoms with Crippen LogP contribution < -0.4 is 4.74 Å². The maximum absolute atomic E-state index is 13.0. The van der Waals surface area contributed by atoms with E-state index in [9.17, 15) is 14.4 Å². The molecule has 4 rings (SSSR count). The molecule has 2 aromatic carbocycles. The van der Waals surface area contributed by atoms with Crippen molar-refractivity contribution in [1.29, 1.82) is 0 Å². The van der Waals surface area contributed by atoms with Crippen molar-refractivity contribution in [2.45, 2.75) is 32.1 Å². The van der Waals surface area contributed by atoms with Crippen LogP contribution in [-0.4, -0.2) is 53.6 Å². The van der Waals surface area contributed by atoms with Gasteiger partial charge in [0.05, 0.1) is 0 Å². The highest BCUT2D eigenvalue weighted by molar-refractivity contribution is 5.98. The second-order valence-corrected chi connectivity index (χ2v) is 8.22. The average molecular weight is 421 g/mol. The number of piperidine rings is 1. The van der Waals surface area contributed by atoms with Crippen molar-refractivity contribution in [2.75, 3.05) is 26.2 Å². The zero-order chi connectivity index (χ0) is 21.6. The predicted octanol–water partition coefficient (Wildman–Crippen LogP) is 3.91. The molecule has 2 saturated heterocycles. The quantitative estimate of drug-likeness (QED) is 0.637. The number of Topliss-reactive ketones (excluding diaryl/α,β-unsaturated/α-hetero) is 1. The number of rotatable bonds is 7. The molecule has 0 spiro atoms. The van der Waals surface area contributed by atoms with E-state index in [-0.39, 0.29) is 23.5 Å². The first-order valence-corrected chi connectivity index (χ1v) is 11.0. The zero-order valence-electron chi connectivity index (χ0n) is 17.7. The number of nitrogens with zero attached hydrogens (tertiary/aromatic N) is 2. The first-order valence-electron chi connectivity index (χ1n) is 11.0. The van der Waals surface area contributed by atoms with Gasteiger partial charge in [-0.05, 0) is 55.7 Å². The fourth-order valence-corrected chi connectivity index (χ4v) is 4.29. The van der Waals surface area contributed by atoms with Crippen LogP contribution in [0.2, 0.25) is 0 Å². The lowest BCUT2D eigenvalue weighted by Gasteiger charge is -2.32. The van der Waals surface area contributed by atoms with Gasteiger partial charge >= 0.3 is 0 Å². The molecule has 0 saturated carbocycles. The molecule has 2 heterocycles. The molecule has 0 radical (unpaired) electrons. The van der Waals surface area contributed by atoms with Crippen LogP contribution in [0.3, 0.4) is 0 Å². The smallest absolute Gasteiger partial charge is 0.224 e. The van der Waals surface area contributed by atoms with Crippen LogP contribution >= 0.6 is 0 Å². The molecule has 6 nitrogen and oxygen atoms in total. The average Bonchev–Trinajstić information content (AvgIpc) is 3.23. The molecule has 0 N–H and O–H groups in total. The Kier molecular flexibility index (Phi) is 6.65. The van der Waals surface area contributed by atoms with E-state index in [2.05, 4.69) is 0 Å². The Balaban J connectivity index is 1.31. The molecule has 2 fully saturated rings. The molecule has 2 aromatic rings. The second-order valence-electron chi connectivity index (χ2n) is 8.22. The minimum atomic E-state index is -0.188. The molecule has 2 aliphatic heterocycles. The summed E-state index contributed by atoms with van der Waals surface area (Å²) in [5.41, 5.74) is 0.641. The number of hydrogen-bond donors (Lipinski definition) is 0. The van der Waals surface area contributed by atoms with Gasteiger partial charge in [0.1, 0.15) is 11.5 Å². The largest absolute Gasteiger partial charge is 0.457 e. The van der Waals surface area contributed by atoms with Crippen molar-refractivity contribution in [3.05, 3.63) is 60.2 Å². The van der Waals surface area contributed by atoms with E-state index in [1.807, 2.05) is 30.3 Å². The first kappa shape index (κ1) is 21.1. The van der Waals surface area contributed by atoms with Gasteiger partial charge in [0.25, 0.3) is 0 Å². The van der Waals surface area contributed by atoms with Crippen molar-refractivity contribution in [3.8, 4) is 11.5 Å². The summed E-state index contributed by atoms with van der Waals surface area (Å²) in [7, 11) is 0. The molecule has 0 unspecified atom stereocenters. The second kappa shape index (κ2) is 9.77. The third kappa shape index (κ3) is 5.32. The van der Waals surface area contributed by atoms with Crippen LogP contribution in [0.25, 0.3) is 0 Å². The zero-order valence-corrected chi connectivity index (χ0v) is 17.7. The van der Waals surface area contributed by atoms with Crippen LogP contribution in [-0.2, 0) is 9.59 Å². The molecule has 0 bridgehead atoms. The summed E-state index contributed by atoms with van der Waals surface area (Å²) in [5.74, 6) is 1.48. The number of carbonyl (C=O) groups is 3. The van der Waals surface area contributed by atoms with Gasteiger partial charge in [-0.2, -0.15) is 0 Å². The van der Waals surface area contributed by atoms with Crippen molar-refractivity contribution in [3.63, 3.8) is 0 Å².